The molecule has 4 nitrogen and oxygen atoms in total. The van der Waals surface area contributed by atoms with E-state index in [4.69, 9.17) is 4.74 Å². The van der Waals surface area contributed by atoms with Gasteiger partial charge < -0.3 is 4.74 Å². The van der Waals surface area contributed by atoms with E-state index >= 15 is 0 Å². The summed E-state index contributed by atoms with van der Waals surface area (Å²) in [6.07, 6.45) is 0. The normalized spacial score (nSPS) is 11.2. The Morgan fingerprint density at radius 1 is 0.950 bits per heavy atom. The molecule has 0 heterocycles. The van der Waals surface area contributed by atoms with E-state index in [1.807, 2.05) is 13.0 Å². The lowest BCUT2D eigenvalue weighted by Gasteiger charge is -2.14. The predicted molar refractivity (Wildman–Crippen MR) is 79.7 cm³/mol. The molecule has 0 atom stereocenters. The van der Waals surface area contributed by atoms with Gasteiger partial charge in [-0.15, -0.1) is 0 Å². The summed E-state index contributed by atoms with van der Waals surface area (Å²) in [7, 11) is -2.03. The Morgan fingerprint density at radius 3 is 2.20 bits per heavy atom. The molecule has 0 saturated carbocycles. The molecule has 2 aromatic rings. The lowest BCUT2D eigenvalue weighted by atomic mass is 10.1. The maximum absolute atomic E-state index is 12.4. The van der Waals surface area contributed by atoms with Gasteiger partial charge in [-0.1, -0.05) is 18.2 Å². The van der Waals surface area contributed by atoms with Gasteiger partial charge in [-0.05, 0) is 49.2 Å². The van der Waals surface area contributed by atoms with Crippen molar-refractivity contribution >= 4 is 15.7 Å². The van der Waals surface area contributed by atoms with Crippen LogP contribution in [0.15, 0.2) is 47.4 Å². The molecule has 0 amide bonds. The van der Waals surface area contributed by atoms with E-state index in [-0.39, 0.29) is 4.90 Å². The quantitative estimate of drug-likeness (QED) is 0.941. The number of anilines is 1. The molecule has 0 aromatic heterocycles. The standard InChI is InChI=1S/C15H17NO3S/c1-11-12(2)15(10-9-14(11)19-3)20(17,18)16-13-7-5-4-6-8-13/h4-10,16H,1-3H3. The maximum Gasteiger partial charge on any atom is 0.262 e. The van der Waals surface area contributed by atoms with Crippen LogP contribution in [0.1, 0.15) is 11.1 Å². The highest BCUT2D eigenvalue weighted by molar-refractivity contribution is 7.92. The van der Waals surface area contributed by atoms with Crippen molar-refractivity contribution in [3.8, 4) is 5.75 Å². The molecule has 0 unspecified atom stereocenters. The fourth-order valence-electron chi connectivity index (χ4n) is 2.00. The van der Waals surface area contributed by atoms with E-state index in [9.17, 15) is 8.42 Å². The Kier molecular flexibility index (Phi) is 3.99. The minimum absolute atomic E-state index is 0.264. The topological polar surface area (TPSA) is 55.4 Å². The first kappa shape index (κ1) is 14.4. The lowest BCUT2D eigenvalue weighted by molar-refractivity contribution is 0.411. The van der Waals surface area contributed by atoms with Crippen LogP contribution < -0.4 is 9.46 Å². The molecule has 2 aromatic carbocycles. The number of ether oxygens (including phenoxy) is 1. The van der Waals surface area contributed by atoms with Gasteiger partial charge in [-0.3, -0.25) is 4.72 Å². The fraction of sp³-hybridized carbons (Fsp3) is 0.200. The van der Waals surface area contributed by atoms with Gasteiger partial charge in [0.25, 0.3) is 10.0 Å². The van der Waals surface area contributed by atoms with Crippen molar-refractivity contribution in [2.75, 3.05) is 11.8 Å². The Labute approximate surface area is 119 Å². The molecule has 2 rings (SSSR count). The summed E-state index contributed by atoms with van der Waals surface area (Å²) >= 11 is 0. The van der Waals surface area contributed by atoms with Crippen LogP contribution >= 0.6 is 0 Å². The third-order valence-electron chi connectivity index (χ3n) is 3.22. The summed E-state index contributed by atoms with van der Waals surface area (Å²) in [4.78, 5) is 0.264. The zero-order chi connectivity index (χ0) is 14.8. The average molecular weight is 291 g/mol. The highest BCUT2D eigenvalue weighted by Gasteiger charge is 2.19. The van der Waals surface area contributed by atoms with Gasteiger partial charge >= 0.3 is 0 Å². The van der Waals surface area contributed by atoms with Crippen molar-refractivity contribution < 1.29 is 13.2 Å². The van der Waals surface area contributed by atoms with E-state index in [1.165, 1.54) is 0 Å². The minimum atomic E-state index is -3.60. The largest absolute Gasteiger partial charge is 0.496 e. The first-order valence-corrected chi connectivity index (χ1v) is 7.66. The number of nitrogens with one attached hydrogen (secondary N) is 1. The molecule has 0 radical (unpaired) electrons. The third kappa shape index (κ3) is 2.77. The molecule has 0 spiro atoms. The van der Waals surface area contributed by atoms with Gasteiger partial charge in [0, 0.05) is 5.69 Å². The monoisotopic (exact) mass is 291 g/mol. The van der Waals surface area contributed by atoms with Crippen LogP contribution in [-0.2, 0) is 10.0 Å². The van der Waals surface area contributed by atoms with Crippen LogP contribution in [0.2, 0.25) is 0 Å². The zero-order valence-corrected chi connectivity index (χ0v) is 12.5. The fourth-order valence-corrected chi connectivity index (χ4v) is 3.36. The van der Waals surface area contributed by atoms with E-state index in [2.05, 4.69) is 4.72 Å². The first-order chi connectivity index (χ1) is 9.45. The smallest absolute Gasteiger partial charge is 0.262 e. The summed E-state index contributed by atoms with van der Waals surface area (Å²) in [5.41, 5.74) is 2.05. The second-order valence-corrected chi connectivity index (χ2v) is 6.14. The highest BCUT2D eigenvalue weighted by atomic mass is 32.2. The SMILES string of the molecule is COc1ccc(S(=O)(=O)Nc2ccccc2)c(C)c1C. The summed E-state index contributed by atoms with van der Waals surface area (Å²) in [6.45, 7) is 3.62. The second-order valence-electron chi connectivity index (χ2n) is 4.49. The Bertz CT molecular complexity index is 709. The van der Waals surface area contributed by atoms with Crippen molar-refractivity contribution in [1.82, 2.24) is 0 Å². The van der Waals surface area contributed by atoms with E-state index in [0.29, 0.717) is 17.0 Å². The molecule has 20 heavy (non-hydrogen) atoms. The number of hydrogen-bond acceptors (Lipinski definition) is 3. The van der Waals surface area contributed by atoms with Crippen molar-refractivity contribution in [3.63, 3.8) is 0 Å². The average Bonchev–Trinajstić information content (AvgIpc) is 2.42. The van der Waals surface area contributed by atoms with Gasteiger partial charge in [0.1, 0.15) is 5.75 Å². The van der Waals surface area contributed by atoms with Gasteiger partial charge in [-0.25, -0.2) is 8.42 Å². The Hall–Kier alpha value is -2.01. The highest BCUT2D eigenvalue weighted by Crippen LogP contribution is 2.27. The first-order valence-electron chi connectivity index (χ1n) is 6.18. The Balaban J connectivity index is 2.43. The summed E-state index contributed by atoms with van der Waals surface area (Å²) in [5, 5.41) is 0. The van der Waals surface area contributed by atoms with Crippen LogP contribution in [-0.4, -0.2) is 15.5 Å². The summed E-state index contributed by atoms with van der Waals surface area (Å²) in [5.74, 6) is 0.682. The van der Waals surface area contributed by atoms with Crippen LogP contribution in [0.5, 0.6) is 5.75 Å². The molecular formula is C15H17NO3S. The zero-order valence-electron chi connectivity index (χ0n) is 11.7. The number of hydrogen-bond donors (Lipinski definition) is 1. The number of benzene rings is 2. The third-order valence-corrected chi connectivity index (χ3v) is 4.75. The van der Waals surface area contributed by atoms with Crippen molar-refractivity contribution in [3.05, 3.63) is 53.6 Å². The van der Waals surface area contributed by atoms with Crippen LogP contribution in [0.25, 0.3) is 0 Å². The molecule has 106 valence electrons. The van der Waals surface area contributed by atoms with Gasteiger partial charge in [0.2, 0.25) is 0 Å². The van der Waals surface area contributed by atoms with E-state index in [0.717, 1.165) is 5.56 Å². The minimum Gasteiger partial charge on any atom is -0.496 e. The van der Waals surface area contributed by atoms with Gasteiger partial charge in [0.15, 0.2) is 0 Å². The molecular weight excluding hydrogens is 274 g/mol. The molecule has 0 bridgehead atoms. The molecule has 0 fully saturated rings. The van der Waals surface area contributed by atoms with Crippen molar-refractivity contribution in [1.29, 1.82) is 0 Å². The molecule has 1 N–H and O–H groups in total. The van der Waals surface area contributed by atoms with Crippen molar-refractivity contribution in [2.24, 2.45) is 0 Å². The lowest BCUT2D eigenvalue weighted by Crippen LogP contribution is -2.14. The van der Waals surface area contributed by atoms with E-state index in [1.54, 1.807) is 50.4 Å². The van der Waals surface area contributed by atoms with Gasteiger partial charge in [0.05, 0.1) is 12.0 Å². The summed E-state index contributed by atoms with van der Waals surface area (Å²) < 4.78 is 32.6. The molecule has 0 saturated heterocycles. The maximum atomic E-state index is 12.4. The molecule has 0 aliphatic rings. The van der Waals surface area contributed by atoms with Gasteiger partial charge in [-0.2, -0.15) is 0 Å². The predicted octanol–water partition coefficient (Wildman–Crippen LogP) is 3.11. The van der Waals surface area contributed by atoms with Crippen molar-refractivity contribution in [2.45, 2.75) is 18.7 Å². The number of methoxy groups -OCH3 is 1. The number of sulfonamides is 1. The van der Waals surface area contributed by atoms with Crippen LogP contribution in [0, 0.1) is 13.8 Å². The Morgan fingerprint density at radius 2 is 1.60 bits per heavy atom. The summed E-state index contributed by atoms with van der Waals surface area (Å²) in [6, 6.07) is 12.1. The molecule has 0 aliphatic heterocycles. The van der Waals surface area contributed by atoms with Crippen LogP contribution in [0.4, 0.5) is 5.69 Å². The number of rotatable bonds is 4. The van der Waals surface area contributed by atoms with E-state index < -0.39 is 10.0 Å². The second kappa shape index (κ2) is 5.54. The molecule has 0 aliphatic carbocycles. The number of para-hydroxylation sites is 1. The molecule has 5 heteroatoms. The van der Waals surface area contributed by atoms with Crippen LogP contribution in [0.3, 0.4) is 0 Å².